The summed E-state index contributed by atoms with van der Waals surface area (Å²) >= 11 is 0. The van der Waals surface area contributed by atoms with Crippen LogP contribution in [0.25, 0.3) is 22.4 Å². The number of nitrogens with two attached hydrogens (primary N) is 1. The number of hydrogen-bond acceptors (Lipinski definition) is 3. The van der Waals surface area contributed by atoms with Gasteiger partial charge in [-0.3, -0.25) is 4.68 Å². The van der Waals surface area contributed by atoms with Gasteiger partial charge in [-0.2, -0.15) is 5.10 Å². The van der Waals surface area contributed by atoms with Gasteiger partial charge in [-0.1, -0.05) is 12.1 Å². The molecule has 0 aliphatic heterocycles. The first kappa shape index (κ1) is 11.8. The molecule has 5 heteroatoms. The maximum atomic E-state index is 6.07. The second kappa shape index (κ2) is 4.12. The monoisotopic (exact) mass is 255 g/mol. The molecule has 3 rings (SSSR count). The van der Waals surface area contributed by atoms with E-state index >= 15 is 0 Å². The lowest BCUT2D eigenvalue weighted by atomic mass is 10.2. The highest BCUT2D eigenvalue weighted by molar-refractivity contribution is 5.83. The van der Waals surface area contributed by atoms with Crippen molar-refractivity contribution in [2.24, 2.45) is 7.05 Å². The van der Waals surface area contributed by atoms with E-state index in [0.29, 0.717) is 11.9 Å². The topological polar surface area (TPSA) is 61.7 Å². The van der Waals surface area contributed by atoms with Crippen LogP contribution in [0.1, 0.15) is 19.9 Å². The molecule has 0 bridgehead atoms. The van der Waals surface area contributed by atoms with Crippen LogP contribution in [0.15, 0.2) is 30.5 Å². The summed E-state index contributed by atoms with van der Waals surface area (Å²) < 4.78 is 3.86. The molecule has 1 aromatic carbocycles. The minimum Gasteiger partial charge on any atom is -0.383 e. The molecule has 3 aromatic rings. The Morgan fingerprint density at radius 3 is 2.58 bits per heavy atom. The number of imidazole rings is 1. The Balaban J connectivity index is 2.34. The van der Waals surface area contributed by atoms with E-state index in [4.69, 9.17) is 10.7 Å². The van der Waals surface area contributed by atoms with Crippen LogP contribution in [0.5, 0.6) is 0 Å². The SMILES string of the molecule is CC(C)n1c(-c2cnn(C)c2N)nc2ccccc21. The summed E-state index contributed by atoms with van der Waals surface area (Å²) in [5, 5.41) is 4.20. The Kier molecular flexibility index (Phi) is 2.55. The molecule has 0 fully saturated rings. The molecule has 0 aliphatic carbocycles. The number of nitrogens with zero attached hydrogens (tertiary/aromatic N) is 4. The molecule has 98 valence electrons. The number of aryl methyl sites for hydroxylation is 1. The molecule has 0 amide bonds. The highest BCUT2D eigenvalue weighted by Crippen LogP contribution is 2.30. The normalized spacial score (nSPS) is 11.6. The quantitative estimate of drug-likeness (QED) is 0.765. The average molecular weight is 255 g/mol. The Hall–Kier alpha value is -2.30. The van der Waals surface area contributed by atoms with Crippen molar-refractivity contribution in [1.82, 2.24) is 19.3 Å². The van der Waals surface area contributed by atoms with Crippen molar-refractivity contribution in [1.29, 1.82) is 0 Å². The number of anilines is 1. The Bertz CT molecular complexity index is 735. The van der Waals surface area contributed by atoms with Crippen molar-refractivity contribution in [2.75, 3.05) is 5.73 Å². The van der Waals surface area contributed by atoms with Gasteiger partial charge >= 0.3 is 0 Å². The summed E-state index contributed by atoms with van der Waals surface area (Å²) in [4.78, 5) is 4.71. The second-order valence-electron chi connectivity index (χ2n) is 4.95. The van der Waals surface area contributed by atoms with Crippen LogP contribution in [0.4, 0.5) is 5.82 Å². The van der Waals surface area contributed by atoms with Crippen molar-refractivity contribution in [3.8, 4) is 11.4 Å². The van der Waals surface area contributed by atoms with Gasteiger partial charge in [-0.05, 0) is 26.0 Å². The lowest BCUT2D eigenvalue weighted by molar-refractivity contribution is 0.624. The Morgan fingerprint density at radius 1 is 1.21 bits per heavy atom. The lowest BCUT2D eigenvalue weighted by Gasteiger charge is -2.12. The molecule has 19 heavy (non-hydrogen) atoms. The zero-order valence-electron chi connectivity index (χ0n) is 11.3. The molecule has 0 saturated heterocycles. The second-order valence-corrected chi connectivity index (χ2v) is 4.95. The minimum absolute atomic E-state index is 0.307. The summed E-state index contributed by atoms with van der Waals surface area (Å²) in [6.45, 7) is 4.29. The molecule has 0 spiro atoms. The van der Waals surface area contributed by atoms with Gasteiger partial charge in [0.1, 0.15) is 11.6 Å². The van der Waals surface area contributed by atoms with E-state index in [1.807, 2.05) is 25.2 Å². The molecule has 0 unspecified atom stereocenters. The smallest absolute Gasteiger partial charge is 0.146 e. The number of rotatable bonds is 2. The number of nitrogen functional groups attached to an aromatic ring is 1. The van der Waals surface area contributed by atoms with Gasteiger partial charge in [0, 0.05) is 13.1 Å². The fraction of sp³-hybridized carbons (Fsp3) is 0.286. The molecule has 2 aromatic heterocycles. The maximum absolute atomic E-state index is 6.07. The zero-order valence-corrected chi connectivity index (χ0v) is 11.3. The van der Waals surface area contributed by atoms with Gasteiger partial charge in [-0.25, -0.2) is 4.98 Å². The first-order valence-electron chi connectivity index (χ1n) is 6.34. The predicted octanol–water partition coefficient (Wildman–Crippen LogP) is 2.60. The van der Waals surface area contributed by atoms with E-state index in [0.717, 1.165) is 22.4 Å². The van der Waals surface area contributed by atoms with E-state index < -0.39 is 0 Å². The van der Waals surface area contributed by atoms with Crippen LogP contribution in [-0.2, 0) is 7.05 Å². The van der Waals surface area contributed by atoms with Crippen molar-refractivity contribution in [3.05, 3.63) is 30.5 Å². The van der Waals surface area contributed by atoms with Crippen LogP contribution >= 0.6 is 0 Å². The molecule has 0 radical (unpaired) electrons. The van der Waals surface area contributed by atoms with Crippen molar-refractivity contribution < 1.29 is 0 Å². The summed E-state index contributed by atoms with van der Waals surface area (Å²) in [6, 6.07) is 8.43. The lowest BCUT2D eigenvalue weighted by Crippen LogP contribution is -2.04. The molecule has 5 nitrogen and oxygen atoms in total. The van der Waals surface area contributed by atoms with E-state index in [2.05, 4.69) is 29.6 Å². The number of benzene rings is 1. The highest BCUT2D eigenvalue weighted by Gasteiger charge is 2.18. The van der Waals surface area contributed by atoms with E-state index in [9.17, 15) is 0 Å². The number of fused-ring (bicyclic) bond motifs is 1. The third-order valence-electron chi connectivity index (χ3n) is 3.34. The van der Waals surface area contributed by atoms with Gasteiger partial charge in [0.25, 0.3) is 0 Å². The highest BCUT2D eigenvalue weighted by atomic mass is 15.3. The maximum Gasteiger partial charge on any atom is 0.146 e. The molecular formula is C14H17N5. The van der Waals surface area contributed by atoms with E-state index in [1.54, 1.807) is 10.9 Å². The molecular weight excluding hydrogens is 238 g/mol. The third kappa shape index (κ3) is 1.69. The van der Waals surface area contributed by atoms with Crippen LogP contribution in [-0.4, -0.2) is 19.3 Å². The molecule has 0 saturated carbocycles. The average Bonchev–Trinajstić information content (AvgIpc) is 2.91. The van der Waals surface area contributed by atoms with Crippen molar-refractivity contribution in [2.45, 2.75) is 19.9 Å². The largest absolute Gasteiger partial charge is 0.383 e. The van der Waals surface area contributed by atoms with Crippen LogP contribution in [0.3, 0.4) is 0 Å². The van der Waals surface area contributed by atoms with Crippen LogP contribution < -0.4 is 5.73 Å². The first-order chi connectivity index (χ1) is 9.09. The Morgan fingerprint density at radius 2 is 1.95 bits per heavy atom. The summed E-state index contributed by atoms with van der Waals surface area (Å²) in [7, 11) is 1.83. The predicted molar refractivity (Wildman–Crippen MR) is 76.7 cm³/mol. The minimum atomic E-state index is 0.307. The van der Waals surface area contributed by atoms with Crippen molar-refractivity contribution in [3.63, 3.8) is 0 Å². The van der Waals surface area contributed by atoms with Crippen molar-refractivity contribution >= 4 is 16.9 Å². The van der Waals surface area contributed by atoms with E-state index in [1.165, 1.54) is 0 Å². The number of hydrogen-bond donors (Lipinski definition) is 1. The van der Waals surface area contributed by atoms with Gasteiger partial charge in [0.15, 0.2) is 0 Å². The van der Waals surface area contributed by atoms with Gasteiger partial charge < -0.3 is 10.3 Å². The summed E-state index contributed by atoms with van der Waals surface area (Å²) in [5.74, 6) is 1.51. The van der Waals surface area contributed by atoms with Gasteiger partial charge in [0.05, 0.1) is 22.8 Å². The van der Waals surface area contributed by atoms with Crippen LogP contribution in [0, 0.1) is 0 Å². The molecule has 0 aliphatic rings. The first-order valence-corrected chi connectivity index (χ1v) is 6.34. The van der Waals surface area contributed by atoms with Crippen LogP contribution in [0.2, 0.25) is 0 Å². The number of aromatic nitrogens is 4. The van der Waals surface area contributed by atoms with Gasteiger partial charge in [0.2, 0.25) is 0 Å². The number of para-hydroxylation sites is 2. The molecule has 2 heterocycles. The fourth-order valence-electron chi connectivity index (χ4n) is 2.38. The van der Waals surface area contributed by atoms with E-state index in [-0.39, 0.29) is 0 Å². The molecule has 0 atom stereocenters. The summed E-state index contributed by atoms with van der Waals surface area (Å²) in [6.07, 6.45) is 1.77. The molecule has 2 N–H and O–H groups in total. The fourth-order valence-corrected chi connectivity index (χ4v) is 2.38. The standard InChI is InChI=1S/C14H17N5/c1-9(2)19-12-7-5-4-6-11(12)17-14(19)10-8-16-18(3)13(10)15/h4-9H,15H2,1-3H3. The third-order valence-corrected chi connectivity index (χ3v) is 3.34. The zero-order chi connectivity index (χ0) is 13.6. The Labute approximate surface area is 111 Å². The summed E-state index contributed by atoms with van der Waals surface area (Å²) in [5.41, 5.74) is 9.06. The van der Waals surface area contributed by atoms with Gasteiger partial charge in [-0.15, -0.1) is 0 Å².